The number of amides is 3. The molecule has 0 aromatic heterocycles. The number of carbonyl (C=O) groups is 3. The summed E-state index contributed by atoms with van der Waals surface area (Å²) in [6.45, 7) is 1.49. The van der Waals surface area contributed by atoms with Gasteiger partial charge in [-0.25, -0.2) is 4.79 Å². The highest BCUT2D eigenvalue weighted by molar-refractivity contribution is 6.35. The first-order valence-corrected chi connectivity index (χ1v) is 9.33. The van der Waals surface area contributed by atoms with Crippen LogP contribution in [0.3, 0.4) is 0 Å². The van der Waals surface area contributed by atoms with E-state index in [1.165, 1.54) is 0 Å². The van der Waals surface area contributed by atoms with Crippen molar-refractivity contribution < 1.29 is 19.1 Å². The quantitative estimate of drug-likeness (QED) is 0.621. The number of carbonyl (C=O) groups excluding carboxylic acids is 3. The molecule has 140 valence electrons. The van der Waals surface area contributed by atoms with Crippen LogP contribution in [0.25, 0.3) is 0 Å². The van der Waals surface area contributed by atoms with Gasteiger partial charge in [0.05, 0.1) is 0 Å². The minimum absolute atomic E-state index is 0.0431. The van der Waals surface area contributed by atoms with Crippen molar-refractivity contribution in [3.05, 3.63) is 33.8 Å². The fraction of sp³-hybridized carbons (Fsp3) is 0.500. The molecule has 3 amide bonds. The Balaban J connectivity index is 1.62. The molecule has 0 unspecified atom stereocenters. The summed E-state index contributed by atoms with van der Waals surface area (Å²) in [5.74, 6) is -0.960. The second kappa shape index (κ2) is 7.45. The molecule has 2 atom stereocenters. The second-order valence-corrected chi connectivity index (χ2v) is 7.68. The average Bonchev–Trinajstić information content (AvgIpc) is 2.82. The normalized spacial score (nSPS) is 25.5. The summed E-state index contributed by atoms with van der Waals surface area (Å²) < 4.78 is 5.17. The molecule has 2 fully saturated rings. The van der Waals surface area contributed by atoms with Gasteiger partial charge in [0.1, 0.15) is 18.7 Å². The van der Waals surface area contributed by atoms with Crippen molar-refractivity contribution in [2.45, 2.75) is 44.8 Å². The van der Waals surface area contributed by atoms with Gasteiger partial charge < -0.3 is 10.1 Å². The van der Waals surface area contributed by atoms with Crippen molar-refractivity contribution in [2.75, 3.05) is 6.54 Å². The number of esters is 1. The van der Waals surface area contributed by atoms with Crippen LogP contribution in [-0.4, -0.2) is 34.9 Å². The highest BCUT2D eigenvalue weighted by Gasteiger charge is 2.55. The number of halogens is 2. The van der Waals surface area contributed by atoms with Crippen LogP contribution in [0.15, 0.2) is 18.2 Å². The molecule has 6 nitrogen and oxygen atoms in total. The lowest BCUT2D eigenvalue weighted by atomic mass is 9.73. The molecule has 3 rings (SSSR count). The van der Waals surface area contributed by atoms with Crippen LogP contribution in [0.4, 0.5) is 4.79 Å². The Kier molecular flexibility index (Phi) is 5.44. The smallest absolute Gasteiger partial charge is 0.326 e. The molecular weight excluding hydrogens is 379 g/mol. The number of imide groups is 1. The number of nitrogens with one attached hydrogen (secondary N) is 1. The first kappa shape index (κ1) is 19.0. The summed E-state index contributed by atoms with van der Waals surface area (Å²) >= 11 is 11.9. The van der Waals surface area contributed by atoms with Crippen LogP contribution in [0.5, 0.6) is 0 Å². The maximum absolute atomic E-state index is 12.8. The van der Waals surface area contributed by atoms with E-state index in [1.54, 1.807) is 18.2 Å². The summed E-state index contributed by atoms with van der Waals surface area (Å²) in [6, 6.07) is 4.31. The van der Waals surface area contributed by atoms with Crippen LogP contribution in [-0.2, 0) is 20.9 Å². The van der Waals surface area contributed by atoms with Crippen molar-refractivity contribution in [3.8, 4) is 0 Å². The summed E-state index contributed by atoms with van der Waals surface area (Å²) in [4.78, 5) is 38.1. The van der Waals surface area contributed by atoms with E-state index in [9.17, 15) is 14.4 Å². The van der Waals surface area contributed by atoms with E-state index in [4.69, 9.17) is 27.9 Å². The Morgan fingerprint density at radius 2 is 2.12 bits per heavy atom. The second-order valence-electron chi connectivity index (χ2n) is 6.84. The van der Waals surface area contributed by atoms with Crippen LogP contribution >= 0.6 is 23.2 Å². The van der Waals surface area contributed by atoms with Gasteiger partial charge in [-0.2, -0.15) is 0 Å². The average molecular weight is 399 g/mol. The molecule has 1 spiro atoms. The van der Waals surface area contributed by atoms with Crippen molar-refractivity contribution in [3.63, 3.8) is 0 Å². The summed E-state index contributed by atoms with van der Waals surface area (Å²) in [5.41, 5.74) is -0.284. The molecule has 1 heterocycles. The Morgan fingerprint density at radius 3 is 2.81 bits per heavy atom. The number of benzene rings is 1. The summed E-state index contributed by atoms with van der Waals surface area (Å²) in [6.07, 6.45) is 3.39. The fourth-order valence-electron chi connectivity index (χ4n) is 3.61. The van der Waals surface area contributed by atoms with Gasteiger partial charge >= 0.3 is 12.0 Å². The van der Waals surface area contributed by atoms with Crippen LogP contribution in [0, 0.1) is 5.92 Å². The first-order valence-electron chi connectivity index (χ1n) is 8.57. The van der Waals surface area contributed by atoms with E-state index in [1.807, 2.05) is 6.92 Å². The Bertz CT molecular complexity index is 755. The molecule has 1 aromatic rings. The van der Waals surface area contributed by atoms with E-state index < -0.39 is 24.1 Å². The van der Waals surface area contributed by atoms with Gasteiger partial charge in [-0.3, -0.25) is 14.5 Å². The predicted octanol–water partition coefficient (Wildman–Crippen LogP) is 3.54. The Morgan fingerprint density at radius 1 is 1.35 bits per heavy atom. The number of nitrogens with zero attached hydrogens (tertiary/aromatic N) is 1. The van der Waals surface area contributed by atoms with Gasteiger partial charge in [0, 0.05) is 15.6 Å². The highest BCUT2D eigenvalue weighted by Crippen LogP contribution is 2.38. The lowest BCUT2D eigenvalue weighted by Crippen LogP contribution is -2.54. The molecule has 0 radical (unpaired) electrons. The zero-order valence-corrected chi connectivity index (χ0v) is 15.9. The zero-order chi connectivity index (χ0) is 18.9. The molecule has 1 aromatic carbocycles. The van der Waals surface area contributed by atoms with Gasteiger partial charge in [-0.05, 0) is 30.9 Å². The molecule has 26 heavy (non-hydrogen) atoms. The van der Waals surface area contributed by atoms with Crippen LogP contribution in [0.2, 0.25) is 10.0 Å². The Hall–Kier alpha value is -1.79. The summed E-state index contributed by atoms with van der Waals surface area (Å²) in [5, 5.41) is 3.67. The van der Waals surface area contributed by atoms with Gasteiger partial charge in [-0.1, -0.05) is 49.0 Å². The summed E-state index contributed by atoms with van der Waals surface area (Å²) in [7, 11) is 0. The van der Waals surface area contributed by atoms with Crippen molar-refractivity contribution in [1.29, 1.82) is 0 Å². The SMILES string of the molecule is C[C@@H]1CCCC[C@]12NC(=O)N(CC(=O)OCc1ccc(Cl)cc1Cl)C2=O. The van der Waals surface area contributed by atoms with E-state index in [-0.39, 0.29) is 18.4 Å². The van der Waals surface area contributed by atoms with Crippen molar-refractivity contribution in [2.24, 2.45) is 5.92 Å². The molecule has 1 N–H and O–H groups in total. The first-order chi connectivity index (χ1) is 12.3. The lowest BCUT2D eigenvalue weighted by molar-refractivity contribution is -0.149. The zero-order valence-electron chi connectivity index (χ0n) is 14.4. The molecule has 8 heteroatoms. The standard InChI is InChI=1S/C18H20Cl2N2O4/c1-11-4-2-3-7-18(11)16(24)22(17(25)21-18)9-15(23)26-10-12-5-6-13(19)8-14(12)20/h5-6,8,11H,2-4,7,9-10H2,1H3,(H,21,25)/t11-,18+/m1/s1. The highest BCUT2D eigenvalue weighted by atomic mass is 35.5. The lowest BCUT2D eigenvalue weighted by Gasteiger charge is -2.36. The third-order valence-corrected chi connectivity index (χ3v) is 5.78. The number of ether oxygens (including phenoxy) is 1. The minimum atomic E-state index is -0.880. The topological polar surface area (TPSA) is 75.7 Å². The fourth-order valence-corrected chi connectivity index (χ4v) is 4.07. The van der Waals surface area contributed by atoms with E-state index in [0.29, 0.717) is 22.0 Å². The third-order valence-electron chi connectivity index (χ3n) is 5.19. The number of hydrogen-bond donors (Lipinski definition) is 1. The molecule has 1 saturated heterocycles. The van der Waals surface area contributed by atoms with Gasteiger partial charge in [0.15, 0.2) is 0 Å². The number of rotatable bonds is 4. The van der Waals surface area contributed by atoms with Gasteiger partial charge in [0.25, 0.3) is 5.91 Å². The molecule has 1 aliphatic carbocycles. The van der Waals surface area contributed by atoms with E-state index in [0.717, 1.165) is 24.2 Å². The van der Waals surface area contributed by atoms with E-state index in [2.05, 4.69) is 5.32 Å². The van der Waals surface area contributed by atoms with Gasteiger partial charge in [0.2, 0.25) is 0 Å². The monoisotopic (exact) mass is 398 g/mol. The maximum atomic E-state index is 12.8. The van der Waals surface area contributed by atoms with E-state index >= 15 is 0 Å². The predicted molar refractivity (Wildman–Crippen MR) is 96.9 cm³/mol. The number of urea groups is 1. The van der Waals surface area contributed by atoms with Crippen LogP contribution < -0.4 is 5.32 Å². The maximum Gasteiger partial charge on any atom is 0.326 e. The molecule has 0 bridgehead atoms. The van der Waals surface area contributed by atoms with Gasteiger partial charge in [-0.15, -0.1) is 0 Å². The molecule has 2 aliphatic rings. The Labute approximate surface area is 161 Å². The molecule has 1 saturated carbocycles. The molecular formula is C18H20Cl2N2O4. The van der Waals surface area contributed by atoms with Crippen molar-refractivity contribution in [1.82, 2.24) is 10.2 Å². The molecule has 1 aliphatic heterocycles. The number of hydrogen-bond acceptors (Lipinski definition) is 4. The van der Waals surface area contributed by atoms with Crippen molar-refractivity contribution >= 4 is 41.1 Å². The minimum Gasteiger partial charge on any atom is -0.459 e. The third kappa shape index (κ3) is 3.53. The largest absolute Gasteiger partial charge is 0.459 e. The van der Waals surface area contributed by atoms with Crippen LogP contribution in [0.1, 0.15) is 38.2 Å².